The van der Waals surface area contributed by atoms with Gasteiger partial charge in [0.1, 0.15) is 18.6 Å². The fourth-order valence-corrected chi connectivity index (χ4v) is 3.71. The van der Waals surface area contributed by atoms with E-state index in [1.165, 1.54) is 17.4 Å². The normalized spacial score (nSPS) is 15.2. The average Bonchev–Trinajstić information content (AvgIpc) is 3.30. The maximum absolute atomic E-state index is 13.0. The smallest absolute Gasteiger partial charge is 0.258 e. The summed E-state index contributed by atoms with van der Waals surface area (Å²) in [7, 11) is 1.58. The van der Waals surface area contributed by atoms with Crippen LogP contribution in [0.15, 0.2) is 47.3 Å². The van der Waals surface area contributed by atoms with Crippen LogP contribution in [0.5, 0.6) is 5.75 Å². The van der Waals surface area contributed by atoms with Gasteiger partial charge in [0.05, 0.1) is 19.1 Å². The molecule has 1 fully saturated rings. The van der Waals surface area contributed by atoms with Crippen molar-refractivity contribution in [3.8, 4) is 5.75 Å². The molecule has 1 aromatic heterocycles. The van der Waals surface area contributed by atoms with Crippen LogP contribution in [-0.2, 0) is 4.79 Å². The molecule has 30 heavy (non-hydrogen) atoms. The Morgan fingerprint density at radius 2 is 1.90 bits per heavy atom. The lowest BCUT2D eigenvalue weighted by atomic mass is 9.96. The highest BCUT2D eigenvalue weighted by molar-refractivity contribution is 6.08. The molecule has 0 radical (unpaired) electrons. The predicted molar refractivity (Wildman–Crippen MR) is 116 cm³/mol. The zero-order valence-electron chi connectivity index (χ0n) is 18.0. The van der Waals surface area contributed by atoms with E-state index in [1.54, 1.807) is 37.4 Å². The van der Waals surface area contributed by atoms with Gasteiger partial charge in [-0.25, -0.2) is 0 Å². The Morgan fingerprint density at radius 3 is 2.47 bits per heavy atom. The summed E-state index contributed by atoms with van der Waals surface area (Å²) in [6, 6.07) is 9.07. The number of carbonyl (C=O) groups excluding carboxylic acids is 2. The summed E-state index contributed by atoms with van der Waals surface area (Å²) < 4.78 is 10.3. The molecule has 0 saturated carbocycles. The van der Waals surface area contributed by atoms with Crippen molar-refractivity contribution in [2.75, 3.05) is 38.2 Å². The highest BCUT2D eigenvalue weighted by atomic mass is 16.5. The van der Waals surface area contributed by atoms with Crippen LogP contribution in [0.3, 0.4) is 0 Å². The number of piperidine rings is 1. The number of likely N-dealkylation sites (tertiary alicyclic amines) is 1. The molecule has 1 N–H and O–H groups in total. The van der Waals surface area contributed by atoms with Crippen molar-refractivity contribution in [1.29, 1.82) is 0 Å². The third kappa shape index (κ3) is 5.63. The molecule has 1 saturated heterocycles. The van der Waals surface area contributed by atoms with Crippen molar-refractivity contribution in [3.05, 3.63) is 48.4 Å². The van der Waals surface area contributed by atoms with Gasteiger partial charge in [-0.3, -0.25) is 14.5 Å². The number of carbonyl (C=O) groups is 2. The molecule has 3 rings (SSSR count). The fourth-order valence-electron chi connectivity index (χ4n) is 3.71. The van der Waals surface area contributed by atoms with E-state index in [4.69, 9.17) is 9.15 Å². The highest BCUT2D eigenvalue weighted by Crippen LogP contribution is 2.20. The topological polar surface area (TPSA) is 75.0 Å². The maximum Gasteiger partial charge on any atom is 0.258 e. The summed E-state index contributed by atoms with van der Waals surface area (Å²) in [6.45, 7) is 7.14. The van der Waals surface area contributed by atoms with Crippen LogP contribution in [0.4, 0.5) is 5.69 Å². The van der Waals surface area contributed by atoms with E-state index < -0.39 is 0 Å². The molecule has 7 nitrogen and oxygen atoms in total. The van der Waals surface area contributed by atoms with Crippen LogP contribution in [0.25, 0.3) is 0 Å². The number of hydrogen-bond acceptors (Lipinski definition) is 5. The average molecular weight is 414 g/mol. The van der Waals surface area contributed by atoms with Gasteiger partial charge in [0.15, 0.2) is 0 Å². The molecule has 0 atom stereocenters. The van der Waals surface area contributed by atoms with E-state index in [1.807, 2.05) is 0 Å². The molecule has 0 unspecified atom stereocenters. The first kappa shape index (κ1) is 21.9. The molecule has 2 heterocycles. The van der Waals surface area contributed by atoms with E-state index >= 15 is 0 Å². The van der Waals surface area contributed by atoms with Gasteiger partial charge < -0.3 is 19.4 Å². The molecular weight excluding hydrogens is 382 g/mol. The van der Waals surface area contributed by atoms with E-state index in [9.17, 15) is 9.59 Å². The summed E-state index contributed by atoms with van der Waals surface area (Å²) >= 11 is 0. The largest absolute Gasteiger partial charge is 0.497 e. The second-order valence-electron chi connectivity index (χ2n) is 7.98. The molecule has 1 aliphatic rings. The molecule has 162 valence electrons. The molecule has 0 aliphatic carbocycles. The Bertz CT molecular complexity index is 809. The Morgan fingerprint density at radius 1 is 1.20 bits per heavy atom. The van der Waals surface area contributed by atoms with Crippen LogP contribution in [0, 0.1) is 5.92 Å². The lowest BCUT2D eigenvalue weighted by molar-refractivity contribution is -0.120. The zero-order chi connectivity index (χ0) is 21.5. The minimum atomic E-state index is -0.264. The molecule has 2 amide bonds. The lowest BCUT2D eigenvalue weighted by Crippen LogP contribution is -2.44. The molecule has 1 aliphatic heterocycles. The maximum atomic E-state index is 13.0. The molecule has 2 aromatic rings. The summed E-state index contributed by atoms with van der Waals surface area (Å²) in [5, 5.41) is 3.01. The summed E-state index contributed by atoms with van der Waals surface area (Å²) in [5.41, 5.74) is 1.03. The fraction of sp³-hybridized carbons (Fsp3) is 0.478. The number of rotatable bonds is 8. The Labute approximate surface area is 178 Å². The first-order valence-electron chi connectivity index (χ1n) is 10.5. The van der Waals surface area contributed by atoms with Crippen LogP contribution in [-0.4, -0.2) is 56.0 Å². The van der Waals surface area contributed by atoms with Crippen LogP contribution < -0.4 is 15.0 Å². The predicted octanol–water partition coefficient (Wildman–Crippen LogP) is 3.17. The number of anilines is 1. The molecular formula is C23H31N3O4. The van der Waals surface area contributed by atoms with Gasteiger partial charge >= 0.3 is 0 Å². The number of furan rings is 1. The number of nitrogens with zero attached hydrogens (tertiary/aromatic N) is 2. The number of benzene rings is 1. The first-order valence-corrected chi connectivity index (χ1v) is 10.5. The second kappa shape index (κ2) is 10.3. The van der Waals surface area contributed by atoms with Gasteiger partial charge in [0.25, 0.3) is 5.91 Å². The standard InChI is InChI=1S/C23H31N3O4/c1-17(2)25-11-8-18(9-12-25)14-24-22(27)15-26(20-10-13-30-16-20)23(28)19-4-6-21(29-3)7-5-19/h4-7,10,13,16-18H,8-9,11-12,14-15H2,1-3H3,(H,24,27). The van der Waals surface area contributed by atoms with Crippen molar-refractivity contribution in [2.24, 2.45) is 5.92 Å². The van der Waals surface area contributed by atoms with Crippen molar-refractivity contribution < 1.29 is 18.7 Å². The molecule has 0 spiro atoms. The summed E-state index contributed by atoms with van der Waals surface area (Å²) in [4.78, 5) is 29.6. The van der Waals surface area contributed by atoms with E-state index in [0.29, 0.717) is 35.5 Å². The SMILES string of the molecule is COc1ccc(C(=O)N(CC(=O)NCC2CCN(C(C)C)CC2)c2ccoc2)cc1. The van der Waals surface area contributed by atoms with Gasteiger partial charge in [-0.15, -0.1) is 0 Å². The van der Waals surface area contributed by atoms with Crippen molar-refractivity contribution in [1.82, 2.24) is 10.2 Å². The van der Waals surface area contributed by atoms with Crippen molar-refractivity contribution >= 4 is 17.5 Å². The Balaban J connectivity index is 1.58. The van der Waals surface area contributed by atoms with Gasteiger partial charge in [-0.05, 0) is 70.0 Å². The first-order chi connectivity index (χ1) is 14.5. The van der Waals surface area contributed by atoms with Gasteiger partial charge in [0.2, 0.25) is 5.91 Å². The van der Waals surface area contributed by atoms with Crippen LogP contribution in [0.1, 0.15) is 37.0 Å². The lowest BCUT2D eigenvalue weighted by Gasteiger charge is -2.34. The van der Waals surface area contributed by atoms with Gasteiger partial charge in [-0.2, -0.15) is 0 Å². The monoisotopic (exact) mass is 413 g/mol. The van der Waals surface area contributed by atoms with E-state index in [0.717, 1.165) is 25.9 Å². The zero-order valence-corrected chi connectivity index (χ0v) is 18.0. The minimum Gasteiger partial charge on any atom is -0.497 e. The Hall–Kier alpha value is -2.80. The molecule has 7 heteroatoms. The number of methoxy groups -OCH3 is 1. The summed E-state index contributed by atoms with van der Waals surface area (Å²) in [5.74, 6) is 0.704. The number of amides is 2. The van der Waals surface area contributed by atoms with Gasteiger partial charge in [0, 0.05) is 24.2 Å². The third-order valence-corrected chi connectivity index (χ3v) is 5.67. The Kier molecular flexibility index (Phi) is 7.52. The third-order valence-electron chi connectivity index (χ3n) is 5.67. The second-order valence-corrected chi connectivity index (χ2v) is 7.98. The van der Waals surface area contributed by atoms with Crippen LogP contribution >= 0.6 is 0 Å². The molecule has 1 aromatic carbocycles. The quantitative estimate of drug-likeness (QED) is 0.720. The van der Waals surface area contributed by atoms with Crippen LogP contribution in [0.2, 0.25) is 0 Å². The summed E-state index contributed by atoms with van der Waals surface area (Å²) in [6.07, 6.45) is 5.11. The van der Waals surface area contributed by atoms with E-state index in [-0.39, 0.29) is 18.4 Å². The number of ether oxygens (including phenoxy) is 1. The number of hydrogen-bond donors (Lipinski definition) is 1. The van der Waals surface area contributed by atoms with E-state index in [2.05, 4.69) is 24.1 Å². The number of nitrogens with one attached hydrogen (secondary N) is 1. The highest BCUT2D eigenvalue weighted by Gasteiger charge is 2.24. The van der Waals surface area contributed by atoms with Crippen molar-refractivity contribution in [3.63, 3.8) is 0 Å². The molecule has 0 bridgehead atoms. The van der Waals surface area contributed by atoms with Crippen molar-refractivity contribution in [2.45, 2.75) is 32.7 Å². The van der Waals surface area contributed by atoms with Gasteiger partial charge in [-0.1, -0.05) is 0 Å². The minimum absolute atomic E-state index is 0.0603.